The number of rotatable bonds is 7. The number of methoxy groups -OCH3 is 1. The summed E-state index contributed by atoms with van der Waals surface area (Å²) in [5, 5.41) is 21.0. The molecule has 0 bridgehead atoms. The lowest BCUT2D eigenvalue weighted by Gasteiger charge is -2.22. The van der Waals surface area contributed by atoms with E-state index in [2.05, 4.69) is 5.32 Å². The van der Waals surface area contributed by atoms with Crippen molar-refractivity contribution < 1.29 is 19.7 Å². The van der Waals surface area contributed by atoms with E-state index in [0.717, 1.165) is 0 Å². The number of hydrogen-bond donors (Lipinski definition) is 3. The number of aliphatic hydroxyl groups excluding tert-OH is 2. The summed E-state index contributed by atoms with van der Waals surface area (Å²) >= 11 is 0. The van der Waals surface area contributed by atoms with Gasteiger partial charge in [0.25, 0.3) is 5.91 Å². The highest BCUT2D eigenvalue weighted by atomic mass is 16.5. The first-order valence-corrected chi connectivity index (χ1v) is 6.73. The predicted octanol–water partition coefficient (Wildman–Crippen LogP) is 1.32. The summed E-state index contributed by atoms with van der Waals surface area (Å²) in [6.07, 6.45) is 0.514. The fraction of sp³-hybridized carbons (Fsp3) is 0.533. The van der Waals surface area contributed by atoms with Gasteiger partial charge >= 0.3 is 0 Å². The second-order valence-corrected chi connectivity index (χ2v) is 5.03. The number of amides is 1. The fourth-order valence-electron chi connectivity index (χ4n) is 1.98. The molecule has 0 spiro atoms. The van der Waals surface area contributed by atoms with Crippen LogP contribution in [-0.2, 0) is 6.61 Å². The van der Waals surface area contributed by atoms with E-state index in [4.69, 9.17) is 14.9 Å². The zero-order valence-electron chi connectivity index (χ0n) is 12.2. The molecule has 5 nitrogen and oxygen atoms in total. The maximum absolute atomic E-state index is 12.3. The minimum Gasteiger partial charge on any atom is -0.496 e. The van der Waals surface area contributed by atoms with E-state index in [1.807, 2.05) is 13.8 Å². The molecule has 0 aliphatic rings. The lowest BCUT2D eigenvalue weighted by Crippen LogP contribution is -2.39. The third-order valence-electron chi connectivity index (χ3n) is 3.25. The first-order chi connectivity index (χ1) is 9.53. The highest BCUT2D eigenvalue weighted by Gasteiger charge is 2.19. The molecule has 112 valence electrons. The quantitative estimate of drug-likeness (QED) is 0.704. The predicted molar refractivity (Wildman–Crippen MR) is 76.7 cm³/mol. The van der Waals surface area contributed by atoms with Crippen LogP contribution in [0, 0.1) is 5.92 Å². The molecule has 1 aromatic rings. The number of ether oxygens (including phenoxy) is 1. The van der Waals surface area contributed by atoms with Crippen molar-refractivity contribution in [3.63, 3.8) is 0 Å². The van der Waals surface area contributed by atoms with Crippen LogP contribution in [0.15, 0.2) is 18.2 Å². The first-order valence-electron chi connectivity index (χ1n) is 6.73. The molecule has 0 heterocycles. The average Bonchev–Trinajstić information content (AvgIpc) is 2.45. The molecule has 0 aliphatic heterocycles. The van der Waals surface area contributed by atoms with Gasteiger partial charge in [0.2, 0.25) is 0 Å². The largest absolute Gasteiger partial charge is 0.496 e. The monoisotopic (exact) mass is 281 g/mol. The fourth-order valence-corrected chi connectivity index (χ4v) is 1.98. The Morgan fingerprint density at radius 1 is 1.35 bits per heavy atom. The lowest BCUT2D eigenvalue weighted by molar-refractivity contribution is 0.0913. The normalized spacial score (nSPS) is 12.3. The zero-order valence-corrected chi connectivity index (χ0v) is 12.2. The van der Waals surface area contributed by atoms with Crippen molar-refractivity contribution in [3.8, 4) is 5.75 Å². The van der Waals surface area contributed by atoms with Crippen molar-refractivity contribution in [1.82, 2.24) is 5.32 Å². The molecule has 0 aromatic heterocycles. The van der Waals surface area contributed by atoms with Crippen LogP contribution in [-0.4, -0.2) is 35.9 Å². The Hall–Kier alpha value is -1.59. The van der Waals surface area contributed by atoms with E-state index in [1.54, 1.807) is 18.2 Å². The molecule has 3 N–H and O–H groups in total. The highest BCUT2D eigenvalue weighted by Crippen LogP contribution is 2.21. The van der Waals surface area contributed by atoms with E-state index in [-0.39, 0.29) is 31.1 Å². The van der Waals surface area contributed by atoms with E-state index in [0.29, 0.717) is 23.3 Å². The Kier molecular flexibility index (Phi) is 6.48. The Morgan fingerprint density at radius 3 is 2.55 bits per heavy atom. The van der Waals surface area contributed by atoms with Crippen LogP contribution in [0.5, 0.6) is 5.75 Å². The SMILES string of the molecule is COc1cc(CO)ccc1C(=O)NC(CCO)C(C)C. The summed E-state index contributed by atoms with van der Waals surface area (Å²) in [5.74, 6) is 0.424. The van der Waals surface area contributed by atoms with Gasteiger partial charge in [0.15, 0.2) is 0 Å². The van der Waals surface area contributed by atoms with Crippen molar-refractivity contribution in [1.29, 1.82) is 0 Å². The Balaban J connectivity index is 2.90. The number of aliphatic hydroxyl groups is 2. The third kappa shape index (κ3) is 4.21. The molecule has 1 aromatic carbocycles. The second-order valence-electron chi connectivity index (χ2n) is 5.03. The van der Waals surface area contributed by atoms with Crippen molar-refractivity contribution in [3.05, 3.63) is 29.3 Å². The Morgan fingerprint density at radius 2 is 2.05 bits per heavy atom. The number of benzene rings is 1. The van der Waals surface area contributed by atoms with Crippen molar-refractivity contribution >= 4 is 5.91 Å². The van der Waals surface area contributed by atoms with Crippen LogP contribution in [0.3, 0.4) is 0 Å². The molecule has 20 heavy (non-hydrogen) atoms. The van der Waals surface area contributed by atoms with E-state index in [1.165, 1.54) is 7.11 Å². The highest BCUT2D eigenvalue weighted by molar-refractivity contribution is 5.97. The smallest absolute Gasteiger partial charge is 0.255 e. The topological polar surface area (TPSA) is 78.8 Å². The third-order valence-corrected chi connectivity index (χ3v) is 3.25. The Labute approximate surface area is 119 Å². The van der Waals surface area contributed by atoms with E-state index in [9.17, 15) is 4.79 Å². The van der Waals surface area contributed by atoms with Gasteiger partial charge in [-0.25, -0.2) is 0 Å². The molecule has 0 radical (unpaired) electrons. The van der Waals surface area contributed by atoms with E-state index < -0.39 is 0 Å². The van der Waals surface area contributed by atoms with Crippen LogP contribution in [0.25, 0.3) is 0 Å². The van der Waals surface area contributed by atoms with Crippen LogP contribution in [0.2, 0.25) is 0 Å². The maximum atomic E-state index is 12.3. The van der Waals surface area contributed by atoms with Crippen molar-refractivity contribution in [2.45, 2.75) is 32.9 Å². The molecule has 1 atom stereocenters. The van der Waals surface area contributed by atoms with Gasteiger partial charge in [-0.15, -0.1) is 0 Å². The van der Waals surface area contributed by atoms with Gasteiger partial charge in [-0.2, -0.15) is 0 Å². The minimum atomic E-state index is -0.238. The molecular formula is C15H23NO4. The van der Waals surface area contributed by atoms with Crippen LogP contribution < -0.4 is 10.1 Å². The average molecular weight is 281 g/mol. The summed E-state index contributed by atoms with van der Waals surface area (Å²) < 4.78 is 5.19. The van der Waals surface area contributed by atoms with Gasteiger partial charge < -0.3 is 20.3 Å². The van der Waals surface area contributed by atoms with Gasteiger partial charge in [-0.05, 0) is 30.0 Å². The van der Waals surface area contributed by atoms with Gasteiger partial charge in [0, 0.05) is 12.6 Å². The van der Waals surface area contributed by atoms with Crippen LogP contribution in [0.4, 0.5) is 0 Å². The minimum absolute atomic E-state index is 0.0315. The molecule has 0 saturated heterocycles. The second kappa shape index (κ2) is 7.87. The molecule has 1 amide bonds. The molecule has 0 fully saturated rings. The number of carbonyl (C=O) groups excluding carboxylic acids is 1. The summed E-state index contributed by atoms with van der Waals surface area (Å²) in [6, 6.07) is 4.88. The summed E-state index contributed by atoms with van der Waals surface area (Å²) in [6.45, 7) is 3.92. The summed E-state index contributed by atoms with van der Waals surface area (Å²) in [4.78, 5) is 12.3. The molecule has 5 heteroatoms. The van der Waals surface area contributed by atoms with E-state index >= 15 is 0 Å². The van der Waals surface area contributed by atoms with Crippen molar-refractivity contribution in [2.75, 3.05) is 13.7 Å². The zero-order chi connectivity index (χ0) is 15.1. The number of carbonyl (C=O) groups is 1. The molecule has 0 aliphatic carbocycles. The molecule has 1 unspecified atom stereocenters. The summed E-state index contributed by atoms with van der Waals surface area (Å²) in [7, 11) is 1.49. The molecular weight excluding hydrogens is 258 g/mol. The number of nitrogens with one attached hydrogen (secondary N) is 1. The lowest BCUT2D eigenvalue weighted by atomic mass is 10.0. The van der Waals surface area contributed by atoms with Crippen LogP contribution in [0.1, 0.15) is 36.2 Å². The van der Waals surface area contributed by atoms with Crippen molar-refractivity contribution in [2.24, 2.45) is 5.92 Å². The Bertz CT molecular complexity index is 445. The molecule has 0 saturated carbocycles. The summed E-state index contributed by atoms with van der Waals surface area (Å²) in [5.41, 5.74) is 1.11. The van der Waals surface area contributed by atoms with Gasteiger partial charge in [0.1, 0.15) is 5.75 Å². The maximum Gasteiger partial charge on any atom is 0.255 e. The number of hydrogen-bond acceptors (Lipinski definition) is 4. The molecule has 1 rings (SSSR count). The van der Waals surface area contributed by atoms with Gasteiger partial charge in [0.05, 0.1) is 19.3 Å². The van der Waals surface area contributed by atoms with Crippen LogP contribution >= 0.6 is 0 Å². The standard InChI is InChI=1S/C15H23NO4/c1-10(2)13(6-7-17)16-15(19)12-5-4-11(9-18)8-14(12)20-3/h4-5,8,10,13,17-18H,6-7,9H2,1-3H3,(H,16,19). The van der Waals surface area contributed by atoms with Gasteiger partial charge in [-0.1, -0.05) is 19.9 Å². The first kappa shape index (κ1) is 16.5. The van der Waals surface area contributed by atoms with Gasteiger partial charge in [-0.3, -0.25) is 4.79 Å².